The molecule has 0 aliphatic rings. The molecule has 84 valence electrons. The highest BCUT2D eigenvalue weighted by molar-refractivity contribution is 9.10. The molecule has 2 atom stereocenters. The molecule has 0 aliphatic carbocycles. The van der Waals surface area contributed by atoms with Gasteiger partial charge in [-0.15, -0.1) is 0 Å². The van der Waals surface area contributed by atoms with Crippen molar-refractivity contribution in [2.45, 2.75) is 33.2 Å². The average Bonchev–Trinajstić information content (AvgIpc) is 2.22. The molecule has 0 bridgehead atoms. The van der Waals surface area contributed by atoms with Crippen LogP contribution in [0.4, 0.5) is 10.1 Å². The monoisotopic (exact) mass is 273 g/mol. The lowest BCUT2D eigenvalue weighted by Gasteiger charge is -2.21. The predicted molar refractivity (Wildman–Crippen MR) is 66.6 cm³/mol. The first-order valence-corrected chi connectivity index (χ1v) is 6.05. The molecule has 1 aromatic carbocycles. The molecule has 0 aliphatic heterocycles. The van der Waals surface area contributed by atoms with Crippen molar-refractivity contribution in [1.29, 1.82) is 0 Å². The van der Waals surface area contributed by atoms with Crippen LogP contribution in [0.3, 0.4) is 0 Å². The van der Waals surface area contributed by atoms with E-state index in [0.29, 0.717) is 16.4 Å². The van der Waals surface area contributed by atoms with Crippen LogP contribution in [0.25, 0.3) is 0 Å². The number of hydrogen-bond acceptors (Lipinski definition) is 1. The SMILES string of the molecule is CCC(C)C(C)Nc1ccc(Br)c(F)c1. The maximum atomic E-state index is 13.2. The molecular weight excluding hydrogens is 257 g/mol. The second-order valence-electron chi connectivity index (χ2n) is 3.95. The summed E-state index contributed by atoms with van der Waals surface area (Å²) < 4.78 is 13.7. The molecule has 0 saturated carbocycles. The molecule has 15 heavy (non-hydrogen) atoms. The van der Waals surface area contributed by atoms with Crippen LogP contribution in [0.2, 0.25) is 0 Å². The van der Waals surface area contributed by atoms with E-state index in [0.717, 1.165) is 12.1 Å². The minimum absolute atomic E-state index is 0.226. The van der Waals surface area contributed by atoms with Gasteiger partial charge in [0.25, 0.3) is 0 Å². The van der Waals surface area contributed by atoms with Crippen LogP contribution in [-0.4, -0.2) is 6.04 Å². The minimum atomic E-state index is -0.226. The Balaban J connectivity index is 2.68. The van der Waals surface area contributed by atoms with Gasteiger partial charge in [-0.3, -0.25) is 0 Å². The summed E-state index contributed by atoms with van der Waals surface area (Å²) in [6.07, 6.45) is 1.12. The summed E-state index contributed by atoms with van der Waals surface area (Å²) in [6.45, 7) is 6.46. The van der Waals surface area contributed by atoms with Gasteiger partial charge in [0.1, 0.15) is 5.82 Å². The molecule has 0 heterocycles. The van der Waals surface area contributed by atoms with Gasteiger partial charge in [0.05, 0.1) is 4.47 Å². The Morgan fingerprint density at radius 2 is 2.07 bits per heavy atom. The zero-order chi connectivity index (χ0) is 11.4. The predicted octanol–water partition coefficient (Wildman–Crippen LogP) is 4.43. The number of halogens is 2. The highest BCUT2D eigenvalue weighted by atomic mass is 79.9. The zero-order valence-corrected chi connectivity index (χ0v) is 10.9. The molecule has 1 N–H and O–H groups in total. The van der Waals surface area contributed by atoms with Crippen LogP contribution in [-0.2, 0) is 0 Å². The normalized spacial score (nSPS) is 14.7. The molecule has 1 aromatic rings. The first-order valence-electron chi connectivity index (χ1n) is 5.26. The Hall–Kier alpha value is -0.570. The zero-order valence-electron chi connectivity index (χ0n) is 9.35. The van der Waals surface area contributed by atoms with Crippen LogP contribution >= 0.6 is 15.9 Å². The van der Waals surface area contributed by atoms with E-state index in [-0.39, 0.29) is 5.82 Å². The number of hydrogen-bond donors (Lipinski definition) is 1. The maximum Gasteiger partial charge on any atom is 0.139 e. The second-order valence-corrected chi connectivity index (χ2v) is 4.80. The minimum Gasteiger partial charge on any atom is -0.382 e. The Labute approximate surface area is 99.2 Å². The Bertz CT molecular complexity index is 327. The largest absolute Gasteiger partial charge is 0.382 e. The van der Waals surface area contributed by atoms with Gasteiger partial charge in [-0.2, -0.15) is 0 Å². The Morgan fingerprint density at radius 3 is 2.60 bits per heavy atom. The Morgan fingerprint density at radius 1 is 1.40 bits per heavy atom. The summed E-state index contributed by atoms with van der Waals surface area (Å²) in [4.78, 5) is 0. The van der Waals surface area contributed by atoms with Gasteiger partial charge in [-0.1, -0.05) is 20.3 Å². The summed E-state index contributed by atoms with van der Waals surface area (Å²) in [5.41, 5.74) is 0.837. The van der Waals surface area contributed by atoms with Gasteiger partial charge in [0.15, 0.2) is 0 Å². The second kappa shape index (κ2) is 5.50. The van der Waals surface area contributed by atoms with E-state index < -0.39 is 0 Å². The fraction of sp³-hybridized carbons (Fsp3) is 0.500. The van der Waals surface area contributed by atoms with Gasteiger partial charge in [-0.25, -0.2) is 4.39 Å². The van der Waals surface area contributed by atoms with Crippen molar-refractivity contribution < 1.29 is 4.39 Å². The van der Waals surface area contributed by atoms with Crippen molar-refractivity contribution in [3.63, 3.8) is 0 Å². The fourth-order valence-corrected chi connectivity index (χ4v) is 1.59. The number of nitrogens with one attached hydrogen (secondary N) is 1. The molecular formula is C12H17BrFN. The van der Waals surface area contributed by atoms with E-state index in [4.69, 9.17) is 0 Å². The summed E-state index contributed by atoms with van der Waals surface area (Å²) in [5.74, 6) is 0.355. The molecule has 3 heteroatoms. The molecule has 1 nitrogen and oxygen atoms in total. The first-order chi connectivity index (χ1) is 7.04. The van der Waals surface area contributed by atoms with Crippen LogP contribution in [0.1, 0.15) is 27.2 Å². The van der Waals surface area contributed by atoms with E-state index >= 15 is 0 Å². The highest BCUT2D eigenvalue weighted by Crippen LogP contribution is 2.21. The van der Waals surface area contributed by atoms with Crippen molar-refractivity contribution in [2.75, 3.05) is 5.32 Å². The maximum absolute atomic E-state index is 13.2. The van der Waals surface area contributed by atoms with Crippen LogP contribution in [0.5, 0.6) is 0 Å². The number of anilines is 1. The highest BCUT2D eigenvalue weighted by Gasteiger charge is 2.10. The third-order valence-corrected chi connectivity index (χ3v) is 3.45. The average molecular weight is 274 g/mol. The standard InChI is InChI=1S/C12H17BrFN/c1-4-8(2)9(3)15-10-5-6-11(13)12(14)7-10/h5-9,15H,4H2,1-3H3. The Kier molecular flexibility index (Phi) is 4.58. The lowest BCUT2D eigenvalue weighted by Crippen LogP contribution is -2.23. The van der Waals surface area contributed by atoms with Crippen molar-refractivity contribution in [2.24, 2.45) is 5.92 Å². The number of rotatable bonds is 4. The van der Waals surface area contributed by atoms with Gasteiger partial charge in [-0.05, 0) is 47.0 Å². The van der Waals surface area contributed by atoms with Crippen molar-refractivity contribution in [3.8, 4) is 0 Å². The van der Waals surface area contributed by atoms with E-state index in [9.17, 15) is 4.39 Å². The van der Waals surface area contributed by atoms with Crippen LogP contribution < -0.4 is 5.32 Å². The van der Waals surface area contributed by atoms with Gasteiger partial charge >= 0.3 is 0 Å². The van der Waals surface area contributed by atoms with E-state index in [2.05, 4.69) is 42.0 Å². The summed E-state index contributed by atoms with van der Waals surface area (Å²) in [5, 5.41) is 3.30. The van der Waals surface area contributed by atoms with Gasteiger partial charge in [0.2, 0.25) is 0 Å². The fourth-order valence-electron chi connectivity index (χ4n) is 1.34. The molecule has 0 radical (unpaired) electrons. The van der Waals surface area contributed by atoms with Crippen molar-refractivity contribution in [1.82, 2.24) is 0 Å². The molecule has 0 saturated heterocycles. The van der Waals surface area contributed by atoms with E-state index in [1.807, 2.05) is 6.07 Å². The summed E-state index contributed by atoms with van der Waals surface area (Å²) in [7, 11) is 0. The summed E-state index contributed by atoms with van der Waals surface area (Å²) >= 11 is 3.14. The lowest BCUT2D eigenvalue weighted by molar-refractivity contribution is 0.494. The first kappa shape index (κ1) is 12.5. The van der Waals surface area contributed by atoms with Gasteiger partial charge in [0, 0.05) is 11.7 Å². The van der Waals surface area contributed by atoms with E-state index in [1.54, 1.807) is 6.07 Å². The van der Waals surface area contributed by atoms with Gasteiger partial charge < -0.3 is 5.32 Å². The third kappa shape index (κ3) is 3.49. The lowest BCUT2D eigenvalue weighted by atomic mass is 10.0. The quantitative estimate of drug-likeness (QED) is 0.856. The molecule has 2 unspecified atom stereocenters. The molecule has 0 fully saturated rings. The third-order valence-electron chi connectivity index (χ3n) is 2.81. The van der Waals surface area contributed by atoms with Crippen molar-refractivity contribution >= 4 is 21.6 Å². The van der Waals surface area contributed by atoms with Crippen LogP contribution in [0, 0.1) is 11.7 Å². The smallest absolute Gasteiger partial charge is 0.139 e. The van der Waals surface area contributed by atoms with Crippen molar-refractivity contribution in [3.05, 3.63) is 28.5 Å². The van der Waals surface area contributed by atoms with Crippen LogP contribution in [0.15, 0.2) is 22.7 Å². The molecule has 0 amide bonds. The number of benzene rings is 1. The van der Waals surface area contributed by atoms with E-state index in [1.165, 1.54) is 6.07 Å². The molecule has 0 aromatic heterocycles. The molecule has 1 rings (SSSR count). The topological polar surface area (TPSA) is 12.0 Å². The molecule has 0 spiro atoms. The summed E-state index contributed by atoms with van der Waals surface area (Å²) in [6, 6.07) is 5.48.